The van der Waals surface area contributed by atoms with Crippen molar-refractivity contribution in [2.45, 2.75) is 38.8 Å². The lowest BCUT2D eigenvalue weighted by molar-refractivity contribution is -0.143. The van der Waals surface area contributed by atoms with E-state index in [9.17, 15) is 29.1 Å². The first-order chi connectivity index (χ1) is 14.0. The van der Waals surface area contributed by atoms with Gasteiger partial charge < -0.3 is 26.8 Å². The van der Waals surface area contributed by atoms with E-state index in [1.54, 1.807) is 0 Å². The van der Waals surface area contributed by atoms with Gasteiger partial charge in [0.15, 0.2) is 0 Å². The highest BCUT2D eigenvalue weighted by molar-refractivity contribution is 5.85. The molecule has 13 heteroatoms. The first-order valence-electron chi connectivity index (χ1n) is 9.49. The maximum absolute atomic E-state index is 11.7. The first kappa shape index (κ1) is 28.2. The van der Waals surface area contributed by atoms with Gasteiger partial charge in [0, 0.05) is 26.2 Å². The summed E-state index contributed by atoms with van der Waals surface area (Å²) in [6.45, 7) is 4.56. The Morgan fingerprint density at radius 1 is 0.613 bits per heavy atom. The molecule has 13 nitrogen and oxygen atoms in total. The van der Waals surface area contributed by atoms with Crippen LogP contribution < -0.4 is 11.5 Å². The van der Waals surface area contributed by atoms with Gasteiger partial charge in [0.2, 0.25) is 11.8 Å². The quantitative estimate of drug-likeness (QED) is 0.169. The van der Waals surface area contributed by atoms with Crippen LogP contribution in [0.1, 0.15) is 27.7 Å². The lowest BCUT2D eigenvalue weighted by Crippen LogP contribution is -2.58. The number of hydrogen-bond donors (Lipinski definition) is 5. The predicted molar refractivity (Wildman–Crippen MR) is 109 cm³/mol. The predicted octanol–water partition coefficient (Wildman–Crippen LogP) is -2.33. The molecule has 0 aromatic heterocycles. The summed E-state index contributed by atoms with van der Waals surface area (Å²) in [5, 5.41) is 27.5. The average Bonchev–Trinajstić information content (AvgIpc) is 2.59. The number of carboxylic acids is 3. The summed E-state index contributed by atoms with van der Waals surface area (Å²) in [5.74, 6) is -5.01. The minimum Gasteiger partial charge on any atom is -0.480 e. The highest BCUT2D eigenvalue weighted by Gasteiger charge is 2.36. The van der Waals surface area contributed by atoms with Crippen molar-refractivity contribution in [3.63, 3.8) is 0 Å². The molecule has 0 atom stereocenters. The van der Waals surface area contributed by atoms with Crippen LogP contribution in [0.3, 0.4) is 0 Å². The molecule has 0 radical (unpaired) electrons. The molecule has 2 amide bonds. The van der Waals surface area contributed by atoms with Crippen LogP contribution in [0.4, 0.5) is 0 Å². The third kappa shape index (κ3) is 9.27. The highest BCUT2D eigenvalue weighted by Crippen LogP contribution is 2.15. The summed E-state index contributed by atoms with van der Waals surface area (Å²) < 4.78 is 0. The number of rotatable bonds is 16. The molecule has 0 rings (SSSR count). The Morgan fingerprint density at radius 3 is 1.13 bits per heavy atom. The molecule has 7 N–H and O–H groups in total. The molecular formula is C18H33N5O8. The van der Waals surface area contributed by atoms with Crippen molar-refractivity contribution in [3.8, 4) is 0 Å². The number of carboxylic acid groups (broad SMARTS) is 3. The zero-order chi connectivity index (χ0) is 24.6. The van der Waals surface area contributed by atoms with Crippen molar-refractivity contribution in [3.05, 3.63) is 0 Å². The van der Waals surface area contributed by atoms with E-state index >= 15 is 0 Å². The molecule has 0 aliphatic carbocycles. The van der Waals surface area contributed by atoms with Crippen molar-refractivity contribution in [1.29, 1.82) is 0 Å². The number of primary amides is 2. The second kappa shape index (κ2) is 11.6. The van der Waals surface area contributed by atoms with Gasteiger partial charge in [-0.3, -0.25) is 38.7 Å². The van der Waals surface area contributed by atoms with Gasteiger partial charge in [0.1, 0.15) is 0 Å². The molecular weight excluding hydrogens is 414 g/mol. The second-order valence-electron chi connectivity index (χ2n) is 8.15. The normalized spacial score (nSPS) is 12.4. The molecule has 0 aromatic rings. The van der Waals surface area contributed by atoms with Gasteiger partial charge in [-0.15, -0.1) is 0 Å². The van der Waals surface area contributed by atoms with Gasteiger partial charge >= 0.3 is 17.9 Å². The summed E-state index contributed by atoms with van der Waals surface area (Å²) in [6.07, 6.45) is 0. The van der Waals surface area contributed by atoms with Crippen LogP contribution in [-0.2, 0) is 24.0 Å². The van der Waals surface area contributed by atoms with Gasteiger partial charge in [-0.2, -0.15) is 0 Å². The monoisotopic (exact) mass is 447 g/mol. The second-order valence-corrected chi connectivity index (χ2v) is 8.15. The summed E-state index contributed by atoms with van der Waals surface area (Å²) >= 11 is 0. The van der Waals surface area contributed by atoms with Crippen molar-refractivity contribution >= 4 is 29.7 Å². The zero-order valence-corrected chi connectivity index (χ0v) is 18.3. The lowest BCUT2D eigenvalue weighted by Gasteiger charge is -2.38. The molecule has 0 saturated carbocycles. The number of nitrogens with two attached hydrogens (primary N) is 2. The minimum atomic E-state index is -1.30. The number of hydrogen-bond acceptors (Lipinski definition) is 8. The van der Waals surface area contributed by atoms with Gasteiger partial charge in [-0.25, -0.2) is 0 Å². The van der Waals surface area contributed by atoms with Crippen LogP contribution in [0.2, 0.25) is 0 Å². The maximum Gasteiger partial charge on any atom is 0.317 e. The van der Waals surface area contributed by atoms with E-state index in [-0.39, 0.29) is 26.2 Å². The molecule has 31 heavy (non-hydrogen) atoms. The van der Waals surface area contributed by atoms with E-state index in [0.29, 0.717) is 0 Å². The van der Waals surface area contributed by atoms with Gasteiger partial charge in [0.25, 0.3) is 0 Å². The number of nitrogens with zero attached hydrogens (tertiary/aromatic N) is 3. The molecule has 0 saturated heterocycles. The third-order valence-electron chi connectivity index (χ3n) is 5.17. The Morgan fingerprint density at radius 2 is 0.903 bits per heavy atom. The first-order valence-corrected chi connectivity index (χ1v) is 9.49. The van der Waals surface area contributed by atoms with E-state index in [4.69, 9.17) is 21.7 Å². The van der Waals surface area contributed by atoms with Gasteiger partial charge in [0.05, 0.1) is 30.7 Å². The smallest absolute Gasteiger partial charge is 0.317 e. The largest absolute Gasteiger partial charge is 0.480 e. The fourth-order valence-electron chi connectivity index (χ4n) is 2.74. The molecule has 0 aromatic carbocycles. The number of aliphatic carboxylic acids is 3. The van der Waals surface area contributed by atoms with Crippen LogP contribution >= 0.6 is 0 Å². The van der Waals surface area contributed by atoms with Crippen LogP contribution in [0.15, 0.2) is 0 Å². The van der Waals surface area contributed by atoms with Crippen LogP contribution in [0, 0.1) is 0 Å². The van der Waals surface area contributed by atoms with E-state index < -0.39 is 60.4 Å². The van der Waals surface area contributed by atoms with Crippen LogP contribution in [0.25, 0.3) is 0 Å². The van der Waals surface area contributed by atoms with Gasteiger partial charge in [-0.1, -0.05) is 0 Å². The molecule has 0 fully saturated rings. The number of amides is 2. The Balaban J connectivity index is 5.46. The van der Waals surface area contributed by atoms with Crippen molar-refractivity contribution in [2.24, 2.45) is 11.5 Å². The average molecular weight is 447 g/mol. The van der Waals surface area contributed by atoms with E-state index in [1.807, 2.05) is 0 Å². The van der Waals surface area contributed by atoms with Gasteiger partial charge in [-0.05, 0) is 27.7 Å². The lowest BCUT2D eigenvalue weighted by atomic mass is 10.0. The van der Waals surface area contributed by atoms with E-state index in [2.05, 4.69) is 0 Å². The Labute approximate surface area is 180 Å². The topological polar surface area (TPSA) is 208 Å². The molecule has 0 aliphatic rings. The molecule has 0 spiro atoms. The van der Waals surface area contributed by atoms with E-state index in [0.717, 1.165) is 0 Å². The molecule has 0 aliphatic heterocycles. The van der Waals surface area contributed by atoms with Crippen molar-refractivity contribution in [2.75, 3.05) is 45.8 Å². The summed E-state index contributed by atoms with van der Waals surface area (Å²) in [5.41, 5.74) is 8.15. The third-order valence-corrected chi connectivity index (χ3v) is 5.17. The van der Waals surface area contributed by atoms with Crippen LogP contribution in [-0.4, -0.2) is 117 Å². The number of carbonyl (C=O) groups excluding carboxylic acids is 2. The summed E-state index contributed by atoms with van der Waals surface area (Å²) in [7, 11) is 0. The van der Waals surface area contributed by atoms with E-state index in [1.165, 1.54) is 42.4 Å². The zero-order valence-electron chi connectivity index (χ0n) is 18.3. The number of carbonyl (C=O) groups is 5. The Bertz CT molecular complexity index is 644. The standard InChI is InChI=1S/C18H33N5O8/c1-17(2,15(19)30)22(10-13(26)27)7-5-21(9-12(24)25)6-8-23(11-14(28)29)18(3,4)16(20)31/h5-11H2,1-4H3,(H2,19,30)(H2,20,31)(H,24,25)(H,26,27)(H,28,29). The maximum atomic E-state index is 11.7. The fourth-order valence-corrected chi connectivity index (χ4v) is 2.74. The molecule has 0 heterocycles. The van der Waals surface area contributed by atoms with Crippen molar-refractivity contribution in [1.82, 2.24) is 14.7 Å². The minimum absolute atomic E-state index is 0.00760. The van der Waals surface area contributed by atoms with Crippen LogP contribution in [0.5, 0.6) is 0 Å². The highest BCUT2D eigenvalue weighted by atomic mass is 16.4. The van der Waals surface area contributed by atoms with Crippen molar-refractivity contribution < 1.29 is 39.3 Å². The Hall–Kier alpha value is -2.77. The SMILES string of the molecule is CC(C)(C(N)=O)N(CCN(CCN(CC(=O)O)C(C)(C)C(N)=O)CC(=O)O)CC(=O)O. The fraction of sp³-hybridized carbons (Fsp3) is 0.722. The molecule has 0 bridgehead atoms. The summed E-state index contributed by atoms with van der Waals surface area (Å²) in [4.78, 5) is 61.2. The molecule has 178 valence electrons. The summed E-state index contributed by atoms with van der Waals surface area (Å²) in [6, 6.07) is 0. The Kier molecular flexibility index (Phi) is 10.5. The molecule has 0 unspecified atom stereocenters.